The van der Waals surface area contributed by atoms with Gasteiger partial charge in [0.05, 0.1) is 5.76 Å². The molecule has 0 fully saturated rings. The number of carbonyl (C=O) groups excluding carboxylic acids is 2. The molecule has 5 nitrogen and oxygen atoms in total. The van der Waals surface area contributed by atoms with Gasteiger partial charge in [-0.25, -0.2) is 4.79 Å². The summed E-state index contributed by atoms with van der Waals surface area (Å²) in [6.45, 7) is 5.26. The van der Waals surface area contributed by atoms with Gasteiger partial charge in [0.25, 0.3) is 0 Å². The lowest BCUT2D eigenvalue weighted by Gasteiger charge is -2.18. The van der Waals surface area contributed by atoms with E-state index >= 15 is 0 Å². The highest BCUT2D eigenvalue weighted by Crippen LogP contribution is 2.23. The Hall–Kier alpha value is -2.56. The Balaban J connectivity index is 1.82. The lowest BCUT2D eigenvalue weighted by molar-refractivity contribution is -0.137. The molecule has 0 N–H and O–H groups in total. The molecule has 122 valence electrons. The van der Waals surface area contributed by atoms with Gasteiger partial charge in [-0.1, -0.05) is 12.7 Å². The Bertz CT molecular complexity index is 619. The van der Waals surface area contributed by atoms with Crippen LogP contribution in [0.5, 0.6) is 0 Å². The van der Waals surface area contributed by atoms with Crippen LogP contribution in [0, 0.1) is 0 Å². The standard InChI is InChI=1S/C18H20O5/c1-3-18(20)23-17-6-4-14(5-7-17)12-21-15-8-10-16(11-9-15)22-13(2)19/h3-4,6,8,10H,1,5,7,9,11-12H2,2H3. The molecular weight excluding hydrogens is 296 g/mol. The maximum Gasteiger partial charge on any atom is 0.335 e. The van der Waals surface area contributed by atoms with Gasteiger partial charge in [-0.15, -0.1) is 0 Å². The number of allylic oxidation sites excluding steroid dienone is 7. The normalized spacial score (nSPS) is 17.1. The van der Waals surface area contributed by atoms with Gasteiger partial charge in [0.1, 0.15) is 18.1 Å². The maximum absolute atomic E-state index is 11.1. The minimum absolute atomic E-state index is 0.305. The van der Waals surface area contributed by atoms with Crippen LogP contribution in [0.1, 0.15) is 32.6 Å². The van der Waals surface area contributed by atoms with E-state index in [0.717, 1.165) is 23.8 Å². The van der Waals surface area contributed by atoms with Crippen LogP contribution in [0.3, 0.4) is 0 Å². The molecule has 0 bridgehead atoms. The Morgan fingerprint density at radius 1 is 1.00 bits per heavy atom. The second-order valence-electron chi connectivity index (χ2n) is 5.23. The van der Waals surface area contributed by atoms with E-state index in [4.69, 9.17) is 14.2 Å². The molecule has 0 aliphatic heterocycles. The van der Waals surface area contributed by atoms with Crippen LogP contribution in [0.25, 0.3) is 0 Å². The molecule has 0 unspecified atom stereocenters. The Morgan fingerprint density at radius 3 is 2.17 bits per heavy atom. The van der Waals surface area contributed by atoms with Gasteiger partial charge in [0.15, 0.2) is 0 Å². The molecule has 0 saturated carbocycles. The molecule has 0 aromatic rings. The predicted octanol–water partition coefficient (Wildman–Crippen LogP) is 3.46. The first-order chi connectivity index (χ1) is 11.1. The summed E-state index contributed by atoms with van der Waals surface area (Å²) >= 11 is 0. The van der Waals surface area contributed by atoms with Crippen molar-refractivity contribution in [3.05, 3.63) is 59.8 Å². The third kappa shape index (κ3) is 5.62. The molecule has 2 rings (SSSR count). The molecule has 0 saturated heterocycles. The monoisotopic (exact) mass is 316 g/mol. The van der Waals surface area contributed by atoms with Crippen molar-refractivity contribution in [3.63, 3.8) is 0 Å². The second-order valence-corrected chi connectivity index (χ2v) is 5.23. The first kappa shape index (κ1) is 16.8. The predicted molar refractivity (Wildman–Crippen MR) is 84.8 cm³/mol. The zero-order chi connectivity index (χ0) is 16.7. The molecule has 0 amide bonds. The van der Waals surface area contributed by atoms with Crippen molar-refractivity contribution in [2.45, 2.75) is 32.6 Å². The Kier molecular flexibility index (Phi) is 5.97. The third-order valence-electron chi connectivity index (χ3n) is 3.39. The number of hydrogen-bond acceptors (Lipinski definition) is 5. The summed E-state index contributed by atoms with van der Waals surface area (Å²) in [6, 6.07) is 0. The third-order valence-corrected chi connectivity index (χ3v) is 3.39. The van der Waals surface area contributed by atoms with Crippen LogP contribution in [-0.4, -0.2) is 18.5 Å². The minimum atomic E-state index is -0.438. The zero-order valence-corrected chi connectivity index (χ0v) is 13.2. The second kappa shape index (κ2) is 8.17. The van der Waals surface area contributed by atoms with E-state index in [1.807, 2.05) is 12.2 Å². The van der Waals surface area contributed by atoms with Gasteiger partial charge in [-0.2, -0.15) is 0 Å². The summed E-state index contributed by atoms with van der Waals surface area (Å²) in [7, 11) is 0. The van der Waals surface area contributed by atoms with E-state index in [1.165, 1.54) is 6.92 Å². The van der Waals surface area contributed by atoms with Gasteiger partial charge in [-0.05, 0) is 30.2 Å². The molecule has 0 heterocycles. The van der Waals surface area contributed by atoms with Gasteiger partial charge < -0.3 is 14.2 Å². The molecular formula is C18H20O5. The van der Waals surface area contributed by atoms with Gasteiger partial charge in [0, 0.05) is 32.3 Å². The largest absolute Gasteiger partial charge is 0.494 e. The fourth-order valence-electron chi connectivity index (χ4n) is 2.21. The maximum atomic E-state index is 11.1. The summed E-state index contributed by atoms with van der Waals surface area (Å²) in [5.74, 6) is 1.44. The zero-order valence-electron chi connectivity index (χ0n) is 13.2. The first-order valence-corrected chi connectivity index (χ1v) is 7.50. The van der Waals surface area contributed by atoms with Crippen molar-refractivity contribution in [1.29, 1.82) is 0 Å². The van der Waals surface area contributed by atoms with Crippen molar-refractivity contribution < 1.29 is 23.8 Å². The van der Waals surface area contributed by atoms with Crippen molar-refractivity contribution in [2.24, 2.45) is 0 Å². The smallest absolute Gasteiger partial charge is 0.335 e. The highest BCUT2D eigenvalue weighted by atomic mass is 16.5. The molecule has 2 aliphatic rings. The lowest BCUT2D eigenvalue weighted by Crippen LogP contribution is -2.08. The molecule has 0 aromatic carbocycles. The van der Waals surface area contributed by atoms with Crippen molar-refractivity contribution in [2.75, 3.05) is 6.61 Å². The van der Waals surface area contributed by atoms with Crippen molar-refractivity contribution >= 4 is 11.9 Å². The fraction of sp³-hybridized carbons (Fsp3) is 0.333. The average Bonchev–Trinajstić information content (AvgIpc) is 2.55. The molecule has 0 aromatic heterocycles. The summed E-state index contributed by atoms with van der Waals surface area (Å²) in [6.07, 6.45) is 11.3. The molecule has 23 heavy (non-hydrogen) atoms. The van der Waals surface area contributed by atoms with Crippen LogP contribution >= 0.6 is 0 Å². The summed E-state index contributed by atoms with van der Waals surface area (Å²) < 4.78 is 15.9. The Morgan fingerprint density at radius 2 is 1.61 bits per heavy atom. The summed E-state index contributed by atoms with van der Waals surface area (Å²) in [5, 5.41) is 0. The number of hydrogen-bond donors (Lipinski definition) is 0. The molecule has 5 heteroatoms. The van der Waals surface area contributed by atoms with E-state index in [2.05, 4.69) is 6.58 Å². The summed E-state index contributed by atoms with van der Waals surface area (Å²) in [4.78, 5) is 22.0. The van der Waals surface area contributed by atoms with Gasteiger partial charge in [0.2, 0.25) is 0 Å². The van der Waals surface area contributed by atoms with Crippen molar-refractivity contribution in [3.8, 4) is 0 Å². The van der Waals surface area contributed by atoms with E-state index in [-0.39, 0.29) is 5.97 Å². The van der Waals surface area contributed by atoms with Crippen LogP contribution in [-0.2, 0) is 23.8 Å². The minimum Gasteiger partial charge on any atom is -0.494 e. The first-order valence-electron chi connectivity index (χ1n) is 7.50. The molecule has 0 radical (unpaired) electrons. The number of esters is 2. The number of carbonyl (C=O) groups is 2. The van der Waals surface area contributed by atoms with E-state index < -0.39 is 5.97 Å². The number of ether oxygens (including phenoxy) is 3. The molecule has 0 spiro atoms. The highest BCUT2D eigenvalue weighted by molar-refractivity contribution is 5.82. The molecule has 0 atom stereocenters. The van der Waals surface area contributed by atoms with E-state index in [9.17, 15) is 9.59 Å². The quantitative estimate of drug-likeness (QED) is 0.555. The van der Waals surface area contributed by atoms with E-state index in [0.29, 0.717) is 37.4 Å². The SMILES string of the molecule is C=CC(=O)OC1=CC=C(COC2=CC=C(OC(C)=O)CC2)CC1. The topological polar surface area (TPSA) is 61.8 Å². The van der Waals surface area contributed by atoms with Crippen LogP contribution in [0.15, 0.2) is 59.8 Å². The number of rotatable bonds is 6. The highest BCUT2D eigenvalue weighted by Gasteiger charge is 2.13. The lowest BCUT2D eigenvalue weighted by atomic mass is 10.0. The fourth-order valence-corrected chi connectivity index (χ4v) is 2.21. The summed E-state index contributed by atoms with van der Waals surface area (Å²) in [5.41, 5.74) is 1.14. The Labute approximate surface area is 135 Å². The van der Waals surface area contributed by atoms with Gasteiger partial charge in [-0.3, -0.25) is 4.79 Å². The van der Waals surface area contributed by atoms with E-state index in [1.54, 1.807) is 12.2 Å². The molecule has 2 aliphatic carbocycles. The van der Waals surface area contributed by atoms with Crippen LogP contribution < -0.4 is 0 Å². The van der Waals surface area contributed by atoms with Crippen LogP contribution in [0.2, 0.25) is 0 Å². The van der Waals surface area contributed by atoms with Crippen LogP contribution in [0.4, 0.5) is 0 Å². The average molecular weight is 316 g/mol. The van der Waals surface area contributed by atoms with Crippen molar-refractivity contribution in [1.82, 2.24) is 0 Å². The van der Waals surface area contributed by atoms with Gasteiger partial charge >= 0.3 is 11.9 Å².